The van der Waals surface area contributed by atoms with Gasteiger partial charge in [0.25, 0.3) is 0 Å². The molecule has 1 fully saturated rings. The molecule has 0 spiro atoms. The average molecular weight is 406 g/mol. The second-order valence-corrected chi connectivity index (χ2v) is 7.99. The number of carbonyl (C=O) groups is 1. The van der Waals surface area contributed by atoms with Gasteiger partial charge in [-0.2, -0.15) is 4.31 Å². The summed E-state index contributed by atoms with van der Waals surface area (Å²) in [6.45, 7) is 2.96. The summed E-state index contributed by atoms with van der Waals surface area (Å²) in [6, 6.07) is 6.72. The number of benzene rings is 1. The molecule has 7 nitrogen and oxygen atoms in total. The molecule has 1 amide bonds. The van der Waals surface area contributed by atoms with Crippen LogP contribution in [0.4, 0.5) is 0 Å². The van der Waals surface area contributed by atoms with Gasteiger partial charge in [0.15, 0.2) is 0 Å². The van der Waals surface area contributed by atoms with Gasteiger partial charge in [-0.15, -0.1) is 12.4 Å². The molecular weight excluding hydrogens is 378 g/mol. The summed E-state index contributed by atoms with van der Waals surface area (Å²) in [6.07, 6.45) is 2.93. The number of ether oxygens (including phenoxy) is 1. The number of halogens is 1. The molecule has 0 aromatic heterocycles. The fraction of sp³-hybridized carbons (Fsp3) is 0.588. The Bertz CT molecular complexity index is 646. The van der Waals surface area contributed by atoms with Crippen LogP contribution in [0.3, 0.4) is 0 Å². The van der Waals surface area contributed by atoms with Crippen molar-refractivity contribution in [1.29, 1.82) is 0 Å². The SMILES string of the molecule is COCCNCC(=O)NCc1ccc(S(=O)(=O)N2CCCCC2)cc1.Cl. The van der Waals surface area contributed by atoms with Crippen LogP contribution >= 0.6 is 12.4 Å². The minimum absolute atomic E-state index is 0. The molecule has 0 atom stereocenters. The molecule has 1 aromatic carbocycles. The Labute approximate surface area is 161 Å². The molecule has 1 aromatic rings. The van der Waals surface area contributed by atoms with Crippen LogP contribution in [-0.2, 0) is 26.1 Å². The number of piperidine rings is 1. The van der Waals surface area contributed by atoms with E-state index in [-0.39, 0.29) is 24.9 Å². The maximum Gasteiger partial charge on any atom is 0.243 e. The Morgan fingerprint density at radius 1 is 1.15 bits per heavy atom. The molecule has 1 saturated heterocycles. The fourth-order valence-corrected chi connectivity index (χ4v) is 4.19. The molecule has 2 rings (SSSR count). The Kier molecular flexibility index (Phi) is 10.1. The van der Waals surface area contributed by atoms with Crippen LogP contribution in [0.15, 0.2) is 29.2 Å². The van der Waals surface area contributed by atoms with Crippen LogP contribution in [0.5, 0.6) is 0 Å². The number of nitrogens with one attached hydrogen (secondary N) is 2. The van der Waals surface area contributed by atoms with Crippen molar-refractivity contribution in [3.05, 3.63) is 29.8 Å². The van der Waals surface area contributed by atoms with Gasteiger partial charge in [0, 0.05) is 33.3 Å². The summed E-state index contributed by atoms with van der Waals surface area (Å²) in [7, 11) is -1.80. The van der Waals surface area contributed by atoms with Gasteiger partial charge in [0.2, 0.25) is 15.9 Å². The van der Waals surface area contributed by atoms with E-state index in [1.54, 1.807) is 35.7 Å². The number of hydrogen-bond donors (Lipinski definition) is 2. The molecule has 0 bridgehead atoms. The Hall–Kier alpha value is -1.19. The Morgan fingerprint density at radius 2 is 1.81 bits per heavy atom. The molecule has 1 heterocycles. The van der Waals surface area contributed by atoms with E-state index in [9.17, 15) is 13.2 Å². The lowest BCUT2D eigenvalue weighted by Gasteiger charge is -2.25. The number of hydrogen-bond acceptors (Lipinski definition) is 5. The predicted octanol–water partition coefficient (Wildman–Crippen LogP) is 1.14. The van der Waals surface area contributed by atoms with Crippen molar-refractivity contribution in [3.63, 3.8) is 0 Å². The van der Waals surface area contributed by atoms with Gasteiger partial charge in [0.05, 0.1) is 18.0 Å². The largest absolute Gasteiger partial charge is 0.383 e. The predicted molar refractivity (Wildman–Crippen MR) is 103 cm³/mol. The van der Waals surface area contributed by atoms with Gasteiger partial charge in [-0.25, -0.2) is 8.42 Å². The monoisotopic (exact) mass is 405 g/mol. The first-order chi connectivity index (χ1) is 12.0. The lowest BCUT2D eigenvalue weighted by atomic mass is 10.2. The van der Waals surface area contributed by atoms with Crippen molar-refractivity contribution in [2.24, 2.45) is 0 Å². The van der Waals surface area contributed by atoms with Crippen molar-refractivity contribution >= 4 is 28.3 Å². The molecule has 0 radical (unpaired) electrons. The highest BCUT2D eigenvalue weighted by Gasteiger charge is 2.25. The number of carbonyl (C=O) groups excluding carboxylic acids is 1. The highest BCUT2D eigenvalue weighted by molar-refractivity contribution is 7.89. The number of amides is 1. The van der Waals surface area contributed by atoms with Crippen molar-refractivity contribution in [2.75, 3.05) is 39.9 Å². The zero-order chi connectivity index (χ0) is 18.1. The first-order valence-electron chi connectivity index (χ1n) is 8.59. The standard InChI is InChI=1S/C17H27N3O4S.ClH/c1-24-12-9-18-14-17(21)19-13-15-5-7-16(8-6-15)25(22,23)20-10-3-2-4-11-20;/h5-8,18H,2-4,9-14H2,1H3,(H,19,21);1H. The van der Waals surface area contributed by atoms with E-state index in [0.717, 1.165) is 24.8 Å². The average Bonchev–Trinajstić information content (AvgIpc) is 2.64. The second kappa shape index (κ2) is 11.5. The van der Waals surface area contributed by atoms with E-state index in [0.29, 0.717) is 37.7 Å². The van der Waals surface area contributed by atoms with Crippen LogP contribution in [-0.4, -0.2) is 58.5 Å². The maximum absolute atomic E-state index is 12.6. The molecule has 2 N–H and O–H groups in total. The lowest BCUT2D eigenvalue weighted by molar-refractivity contribution is -0.120. The summed E-state index contributed by atoms with van der Waals surface area (Å²) in [5, 5.41) is 5.76. The van der Waals surface area contributed by atoms with Crippen LogP contribution in [0.2, 0.25) is 0 Å². The molecule has 148 valence electrons. The van der Waals surface area contributed by atoms with E-state index in [2.05, 4.69) is 10.6 Å². The van der Waals surface area contributed by atoms with Gasteiger partial charge < -0.3 is 15.4 Å². The topological polar surface area (TPSA) is 87.7 Å². The Balaban J connectivity index is 0.00000338. The van der Waals surface area contributed by atoms with E-state index < -0.39 is 10.0 Å². The summed E-state index contributed by atoms with van der Waals surface area (Å²) in [4.78, 5) is 12.0. The molecular formula is C17H28ClN3O4S. The second-order valence-electron chi connectivity index (χ2n) is 6.06. The number of sulfonamides is 1. The zero-order valence-electron chi connectivity index (χ0n) is 15.1. The van der Waals surface area contributed by atoms with Crippen molar-refractivity contribution in [2.45, 2.75) is 30.7 Å². The van der Waals surface area contributed by atoms with Crippen molar-refractivity contribution in [1.82, 2.24) is 14.9 Å². The molecule has 0 saturated carbocycles. The summed E-state index contributed by atoms with van der Waals surface area (Å²) >= 11 is 0. The maximum atomic E-state index is 12.6. The van der Waals surface area contributed by atoms with E-state index in [4.69, 9.17) is 4.74 Å². The van der Waals surface area contributed by atoms with Crippen LogP contribution < -0.4 is 10.6 Å². The third-order valence-corrected chi connectivity index (χ3v) is 6.05. The number of methoxy groups -OCH3 is 1. The number of nitrogens with zero attached hydrogens (tertiary/aromatic N) is 1. The van der Waals surface area contributed by atoms with Crippen LogP contribution in [0.1, 0.15) is 24.8 Å². The van der Waals surface area contributed by atoms with Crippen LogP contribution in [0, 0.1) is 0 Å². The third-order valence-electron chi connectivity index (χ3n) is 4.13. The minimum Gasteiger partial charge on any atom is -0.383 e. The quantitative estimate of drug-likeness (QED) is 0.601. The van der Waals surface area contributed by atoms with E-state index in [1.165, 1.54) is 0 Å². The van der Waals surface area contributed by atoms with E-state index >= 15 is 0 Å². The first-order valence-corrected chi connectivity index (χ1v) is 10.0. The highest BCUT2D eigenvalue weighted by Crippen LogP contribution is 2.20. The first kappa shape index (κ1) is 22.9. The minimum atomic E-state index is -3.40. The summed E-state index contributed by atoms with van der Waals surface area (Å²) in [5.74, 6) is -0.110. The summed E-state index contributed by atoms with van der Waals surface area (Å²) in [5.41, 5.74) is 0.864. The molecule has 9 heteroatoms. The smallest absolute Gasteiger partial charge is 0.243 e. The third kappa shape index (κ3) is 6.85. The highest BCUT2D eigenvalue weighted by atomic mass is 35.5. The van der Waals surface area contributed by atoms with Gasteiger partial charge in [-0.1, -0.05) is 18.6 Å². The molecule has 1 aliphatic rings. The zero-order valence-corrected chi connectivity index (χ0v) is 16.7. The fourth-order valence-electron chi connectivity index (χ4n) is 2.67. The number of rotatable bonds is 9. The van der Waals surface area contributed by atoms with Gasteiger partial charge >= 0.3 is 0 Å². The van der Waals surface area contributed by atoms with E-state index in [1.807, 2.05) is 0 Å². The van der Waals surface area contributed by atoms with Crippen molar-refractivity contribution in [3.8, 4) is 0 Å². The summed E-state index contributed by atoms with van der Waals surface area (Å²) < 4.78 is 31.6. The normalized spacial score (nSPS) is 15.3. The Morgan fingerprint density at radius 3 is 2.42 bits per heavy atom. The van der Waals surface area contributed by atoms with Crippen LogP contribution in [0.25, 0.3) is 0 Å². The van der Waals surface area contributed by atoms with Gasteiger partial charge in [0.1, 0.15) is 0 Å². The lowest BCUT2D eigenvalue weighted by Crippen LogP contribution is -2.35. The molecule has 0 unspecified atom stereocenters. The van der Waals surface area contributed by atoms with Gasteiger partial charge in [-0.05, 0) is 30.5 Å². The molecule has 0 aliphatic carbocycles. The van der Waals surface area contributed by atoms with Gasteiger partial charge in [-0.3, -0.25) is 4.79 Å². The molecule has 26 heavy (non-hydrogen) atoms. The van der Waals surface area contributed by atoms with Crippen molar-refractivity contribution < 1.29 is 17.9 Å². The molecule has 1 aliphatic heterocycles.